The summed E-state index contributed by atoms with van der Waals surface area (Å²) < 4.78 is 0. The number of rotatable bonds is 4. The van der Waals surface area contributed by atoms with Gasteiger partial charge in [0.15, 0.2) is 0 Å². The lowest BCUT2D eigenvalue weighted by Crippen LogP contribution is -2.35. The second-order valence-corrected chi connectivity index (χ2v) is 3.56. The Balaban J connectivity index is 2.66. The number of nitrogens with one attached hydrogen (secondary N) is 1. The molecular weight excluding hydrogens is 208 g/mol. The van der Waals surface area contributed by atoms with Crippen molar-refractivity contribution in [1.82, 2.24) is 5.32 Å². The zero-order valence-corrected chi connectivity index (χ0v) is 8.93. The van der Waals surface area contributed by atoms with Crippen LogP contribution in [0.5, 0.6) is 5.75 Å². The molecular formula is C11H14N2O3. The molecule has 0 aliphatic heterocycles. The monoisotopic (exact) mass is 222 g/mol. The highest BCUT2D eigenvalue weighted by Crippen LogP contribution is 2.15. The molecule has 0 radical (unpaired) electrons. The zero-order chi connectivity index (χ0) is 12.1. The minimum atomic E-state index is -0.481. The molecule has 2 amide bonds. The second-order valence-electron chi connectivity index (χ2n) is 3.56. The summed E-state index contributed by atoms with van der Waals surface area (Å²) in [5.74, 6) is -0.997. The van der Waals surface area contributed by atoms with Crippen molar-refractivity contribution in [2.75, 3.05) is 0 Å². The molecule has 0 saturated carbocycles. The average Bonchev–Trinajstić information content (AvgIpc) is 2.16. The third-order valence-electron chi connectivity index (χ3n) is 2.03. The maximum atomic E-state index is 11.6. The van der Waals surface area contributed by atoms with Crippen LogP contribution in [0.3, 0.4) is 0 Å². The number of phenolic OH excluding ortho intramolecular Hbond substituents is 1. The van der Waals surface area contributed by atoms with Crippen LogP contribution in [-0.2, 0) is 4.79 Å². The van der Waals surface area contributed by atoms with Gasteiger partial charge in [0.25, 0.3) is 5.91 Å². The highest BCUT2D eigenvalue weighted by molar-refractivity contribution is 5.97. The van der Waals surface area contributed by atoms with Crippen molar-refractivity contribution in [2.45, 2.75) is 19.4 Å². The van der Waals surface area contributed by atoms with Crippen LogP contribution in [0.15, 0.2) is 24.3 Å². The number of phenols is 1. The van der Waals surface area contributed by atoms with E-state index in [4.69, 9.17) is 5.73 Å². The van der Waals surface area contributed by atoms with Crippen LogP contribution in [0.2, 0.25) is 0 Å². The van der Waals surface area contributed by atoms with Gasteiger partial charge in [-0.25, -0.2) is 0 Å². The smallest absolute Gasteiger partial charge is 0.255 e. The molecule has 1 rings (SSSR count). The molecule has 0 aromatic heterocycles. The summed E-state index contributed by atoms with van der Waals surface area (Å²) in [7, 11) is 0. The lowest BCUT2D eigenvalue weighted by Gasteiger charge is -2.12. The van der Waals surface area contributed by atoms with Gasteiger partial charge in [-0.3, -0.25) is 9.59 Å². The summed E-state index contributed by atoms with van der Waals surface area (Å²) in [6, 6.07) is 5.84. The third kappa shape index (κ3) is 3.27. The number of para-hydroxylation sites is 1. The minimum Gasteiger partial charge on any atom is -0.507 e. The Hall–Kier alpha value is -2.04. The summed E-state index contributed by atoms with van der Waals surface area (Å²) in [6.07, 6.45) is 0.0688. The minimum absolute atomic E-state index is 0.0688. The van der Waals surface area contributed by atoms with E-state index in [-0.39, 0.29) is 23.8 Å². The number of primary amides is 1. The third-order valence-corrected chi connectivity index (χ3v) is 2.03. The van der Waals surface area contributed by atoms with Crippen molar-refractivity contribution in [3.05, 3.63) is 29.8 Å². The molecule has 0 aliphatic carbocycles. The first-order valence-electron chi connectivity index (χ1n) is 4.88. The Morgan fingerprint density at radius 2 is 2.06 bits per heavy atom. The Kier molecular flexibility index (Phi) is 3.88. The molecule has 1 atom stereocenters. The van der Waals surface area contributed by atoms with Crippen LogP contribution < -0.4 is 11.1 Å². The number of amides is 2. The fraction of sp³-hybridized carbons (Fsp3) is 0.273. The Morgan fingerprint density at radius 3 is 2.62 bits per heavy atom. The van der Waals surface area contributed by atoms with Crippen molar-refractivity contribution >= 4 is 11.8 Å². The van der Waals surface area contributed by atoms with Crippen molar-refractivity contribution in [3.63, 3.8) is 0 Å². The van der Waals surface area contributed by atoms with Gasteiger partial charge in [-0.2, -0.15) is 0 Å². The molecule has 0 spiro atoms. The Labute approximate surface area is 93.3 Å². The Morgan fingerprint density at radius 1 is 1.44 bits per heavy atom. The van der Waals surface area contributed by atoms with Gasteiger partial charge < -0.3 is 16.2 Å². The van der Waals surface area contributed by atoms with Crippen molar-refractivity contribution < 1.29 is 14.7 Å². The van der Waals surface area contributed by atoms with Gasteiger partial charge in [-0.1, -0.05) is 12.1 Å². The van der Waals surface area contributed by atoms with E-state index in [0.717, 1.165) is 0 Å². The van der Waals surface area contributed by atoms with Gasteiger partial charge in [0, 0.05) is 12.5 Å². The maximum Gasteiger partial charge on any atom is 0.255 e. The molecule has 0 aliphatic rings. The number of benzene rings is 1. The highest BCUT2D eigenvalue weighted by Gasteiger charge is 2.14. The predicted molar refractivity (Wildman–Crippen MR) is 58.8 cm³/mol. The fourth-order valence-electron chi connectivity index (χ4n) is 1.32. The molecule has 1 aromatic rings. The van der Waals surface area contributed by atoms with E-state index in [1.165, 1.54) is 12.1 Å². The van der Waals surface area contributed by atoms with Gasteiger partial charge >= 0.3 is 0 Å². The molecule has 5 nitrogen and oxygen atoms in total. The van der Waals surface area contributed by atoms with E-state index in [0.29, 0.717) is 0 Å². The van der Waals surface area contributed by atoms with E-state index >= 15 is 0 Å². The zero-order valence-electron chi connectivity index (χ0n) is 8.93. The van der Waals surface area contributed by atoms with E-state index in [1.807, 2.05) is 0 Å². The molecule has 4 N–H and O–H groups in total. The van der Waals surface area contributed by atoms with Crippen LogP contribution in [0, 0.1) is 0 Å². The van der Waals surface area contributed by atoms with E-state index < -0.39 is 11.8 Å². The van der Waals surface area contributed by atoms with Crippen LogP contribution >= 0.6 is 0 Å². The SMILES string of the molecule is CC(CC(N)=O)NC(=O)c1ccccc1O. The summed E-state index contributed by atoms with van der Waals surface area (Å²) in [5, 5.41) is 12.0. The molecule has 0 fully saturated rings. The molecule has 86 valence electrons. The number of carbonyl (C=O) groups excluding carboxylic acids is 2. The first kappa shape index (κ1) is 12.0. The lowest BCUT2D eigenvalue weighted by molar-refractivity contribution is -0.118. The van der Waals surface area contributed by atoms with E-state index in [2.05, 4.69) is 5.32 Å². The molecule has 5 heteroatoms. The molecule has 0 bridgehead atoms. The lowest BCUT2D eigenvalue weighted by atomic mass is 10.1. The normalized spacial score (nSPS) is 11.8. The second kappa shape index (κ2) is 5.16. The fourth-order valence-corrected chi connectivity index (χ4v) is 1.32. The molecule has 1 unspecified atom stereocenters. The molecule has 0 heterocycles. The largest absolute Gasteiger partial charge is 0.507 e. The average molecular weight is 222 g/mol. The quantitative estimate of drug-likeness (QED) is 0.687. The van der Waals surface area contributed by atoms with Gasteiger partial charge in [-0.15, -0.1) is 0 Å². The summed E-state index contributed by atoms with van der Waals surface area (Å²) in [4.78, 5) is 22.3. The standard InChI is InChI=1S/C11H14N2O3/c1-7(6-10(12)15)13-11(16)8-4-2-3-5-9(8)14/h2-5,7,14H,6H2,1H3,(H2,12,15)(H,13,16). The van der Waals surface area contributed by atoms with Crippen molar-refractivity contribution in [3.8, 4) is 5.75 Å². The van der Waals surface area contributed by atoms with Gasteiger partial charge in [-0.05, 0) is 19.1 Å². The number of hydrogen-bond acceptors (Lipinski definition) is 3. The summed E-state index contributed by atoms with van der Waals surface area (Å²) in [5.41, 5.74) is 5.18. The van der Waals surface area contributed by atoms with Crippen LogP contribution in [-0.4, -0.2) is 23.0 Å². The number of nitrogens with two attached hydrogens (primary N) is 1. The molecule has 0 saturated heterocycles. The number of hydrogen-bond donors (Lipinski definition) is 3. The maximum absolute atomic E-state index is 11.6. The van der Waals surface area contributed by atoms with E-state index in [1.54, 1.807) is 19.1 Å². The Bertz CT molecular complexity index is 404. The van der Waals surface area contributed by atoms with E-state index in [9.17, 15) is 14.7 Å². The number of carbonyl (C=O) groups is 2. The first-order valence-corrected chi connectivity index (χ1v) is 4.88. The van der Waals surface area contributed by atoms with Gasteiger partial charge in [0.2, 0.25) is 5.91 Å². The van der Waals surface area contributed by atoms with Crippen LogP contribution in [0.4, 0.5) is 0 Å². The summed E-state index contributed by atoms with van der Waals surface area (Å²) in [6.45, 7) is 1.67. The first-order chi connectivity index (χ1) is 7.50. The topological polar surface area (TPSA) is 92.4 Å². The summed E-state index contributed by atoms with van der Waals surface area (Å²) >= 11 is 0. The van der Waals surface area contributed by atoms with Crippen molar-refractivity contribution in [1.29, 1.82) is 0 Å². The van der Waals surface area contributed by atoms with Crippen molar-refractivity contribution in [2.24, 2.45) is 5.73 Å². The van der Waals surface area contributed by atoms with Crippen LogP contribution in [0.1, 0.15) is 23.7 Å². The molecule has 16 heavy (non-hydrogen) atoms. The van der Waals surface area contributed by atoms with Gasteiger partial charge in [0.1, 0.15) is 5.75 Å². The molecule has 1 aromatic carbocycles. The van der Waals surface area contributed by atoms with Crippen LogP contribution in [0.25, 0.3) is 0 Å². The predicted octanol–water partition coefficient (Wildman–Crippen LogP) is 0.386. The highest BCUT2D eigenvalue weighted by atomic mass is 16.3. The van der Waals surface area contributed by atoms with Gasteiger partial charge in [0.05, 0.1) is 5.56 Å². The number of aromatic hydroxyl groups is 1.